The van der Waals surface area contributed by atoms with Crippen LogP contribution in [0.2, 0.25) is 0 Å². The number of hydrogen-bond donors (Lipinski definition) is 0. The highest BCUT2D eigenvalue weighted by Gasteiger charge is 2.32. The number of hydrogen-bond acceptors (Lipinski definition) is 4. The zero-order valence-electron chi connectivity index (χ0n) is 9.99. The number of carbonyl (C=O) groups excluding carboxylic acids is 1. The van der Waals surface area contributed by atoms with E-state index in [1.54, 1.807) is 27.7 Å². The van der Waals surface area contributed by atoms with Crippen LogP contribution < -0.4 is 0 Å². The predicted octanol–water partition coefficient (Wildman–Crippen LogP) is 3.01. The third kappa shape index (κ3) is 4.92. The first-order valence-electron chi connectivity index (χ1n) is 5.40. The molecule has 0 N–H and O–H groups in total. The first kappa shape index (κ1) is 14.8. The molecule has 0 aliphatic carbocycles. The Labute approximate surface area is 91.9 Å². The molecular formula is C10H21O4P. The van der Waals surface area contributed by atoms with E-state index in [2.05, 4.69) is 0 Å². The lowest BCUT2D eigenvalue weighted by molar-refractivity contribution is -0.118. The number of Topliss-reactive ketones (excluding diaryl/α,β-unsaturated/α-hetero) is 1. The molecule has 0 saturated heterocycles. The molecule has 0 aromatic carbocycles. The summed E-state index contributed by atoms with van der Waals surface area (Å²) >= 11 is 0. The fourth-order valence-corrected chi connectivity index (χ4v) is 2.97. The Hall–Kier alpha value is -0.180. The quantitative estimate of drug-likeness (QED) is 0.608. The minimum Gasteiger partial charge on any atom is -0.309 e. The van der Waals surface area contributed by atoms with Crippen molar-refractivity contribution in [3.8, 4) is 0 Å². The van der Waals surface area contributed by atoms with Gasteiger partial charge < -0.3 is 9.05 Å². The van der Waals surface area contributed by atoms with Crippen molar-refractivity contribution >= 4 is 13.4 Å². The summed E-state index contributed by atoms with van der Waals surface area (Å²) in [6.45, 7) is 7.73. The van der Waals surface area contributed by atoms with E-state index in [1.165, 1.54) is 0 Å². The van der Waals surface area contributed by atoms with Crippen molar-refractivity contribution in [3.63, 3.8) is 0 Å². The topological polar surface area (TPSA) is 52.6 Å². The molecule has 0 aromatic heterocycles. The van der Waals surface area contributed by atoms with E-state index in [-0.39, 0.29) is 17.9 Å². The largest absolute Gasteiger partial charge is 0.333 e. The van der Waals surface area contributed by atoms with Crippen LogP contribution >= 0.6 is 7.60 Å². The maximum atomic E-state index is 12.2. The summed E-state index contributed by atoms with van der Waals surface area (Å²) in [6.07, 6.45) is 0.719. The van der Waals surface area contributed by atoms with Crippen molar-refractivity contribution in [2.24, 2.45) is 0 Å². The highest BCUT2D eigenvalue weighted by atomic mass is 31.2. The van der Waals surface area contributed by atoms with E-state index in [4.69, 9.17) is 9.05 Å². The SMILES string of the molecule is CCOP(=O)(OCC)C(C)CC(=O)CC. The van der Waals surface area contributed by atoms with Gasteiger partial charge in [0.25, 0.3) is 0 Å². The molecule has 0 spiro atoms. The van der Waals surface area contributed by atoms with Crippen LogP contribution in [-0.2, 0) is 18.4 Å². The summed E-state index contributed by atoms with van der Waals surface area (Å²) in [7, 11) is -3.10. The van der Waals surface area contributed by atoms with Gasteiger partial charge in [-0.25, -0.2) is 0 Å². The lowest BCUT2D eigenvalue weighted by Gasteiger charge is -2.22. The first-order valence-corrected chi connectivity index (χ1v) is 7.01. The second-order valence-corrected chi connectivity index (χ2v) is 5.80. The molecule has 90 valence electrons. The molecule has 0 aromatic rings. The predicted molar refractivity (Wildman–Crippen MR) is 60.2 cm³/mol. The van der Waals surface area contributed by atoms with Gasteiger partial charge in [0.2, 0.25) is 0 Å². The lowest BCUT2D eigenvalue weighted by atomic mass is 10.2. The maximum absolute atomic E-state index is 12.2. The normalized spacial score (nSPS) is 13.9. The molecule has 0 radical (unpaired) electrons. The minimum atomic E-state index is -3.10. The fraction of sp³-hybridized carbons (Fsp3) is 0.900. The molecule has 0 fully saturated rings. The Kier molecular flexibility index (Phi) is 7.07. The van der Waals surface area contributed by atoms with Crippen LogP contribution in [0.25, 0.3) is 0 Å². The molecule has 1 atom stereocenters. The van der Waals surface area contributed by atoms with Crippen LogP contribution in [0.1, 0.15) is 40.5 Å². The third-order valence-electron chi connectivity index (χ3n) is 2.08. The molecule has 0 aliphatic heterocycles. The summed E-state index contributed by atoms with van der Waals surface area (Å²) in [5.74, 6) is 0.0853. The van der Waals surface area contributed by atoms with Gasteiger partial charge in [-0.05, 0) is 13.8 Å². The van der Waals surface area contributed by atoms with E-state index in [0.717, 1.165) is 0 Å². The van der Waals surface area contributed by atoms with Crippen LogP contribution in [0.15, 0.2) is 0 Å². The highest BCUT2D eigenvalue weighted by Crippen LogP contribution is 2.54. The number of ketones is 1. The second-order valence-electron chi connectivity index (χ2n) is 3.32. The Morgan fingerprint density at radius 1 is 1.20 bits per heavy atom. The molecule has 0 amide bonds. The van der Waals surface area contributed by atoms with Crippen LogP contribution in [-0.4, -0.2) is 24.7 Å². The van der Waals surface area contributed by atoms with Gasteiger partial charge in [-0.3, -0.25) is 9.36 Å². The van der Waals surface area contributed by atoms with Crippen molar-refractivity contribution in [1.82, 2.24) is 0 Å². The van der Waals surface area contributed by atoms with Gasteiger partial charge in [-0.15, -0.1) is 0 Å². The molecule has 0 aliphatic rings. The monoisotopic (exact) mass is 236 g/mol. The molecule has 0 rings (SSSR count). The van der Waals surface area contributed by atoms with Gasteiger partial charge in [0.05, 0.1) is 18.9 Å². The van der Waals surface area contributed by atoms with E-state index in [9.17, 15) is 9.36 Å². The second kappa shape index (κ2) is 7.15. The zero-order chi connectivity index (χ0) is 11.9. The minimum absolute atomic E-state index is 0.0853. The number of rotatable bonds is 8. The molecule has 0 bridgehead atoms. The van der Waals surface area contributed by atoms with Gasteiger partial charge in [0.15, 0.2) is 0 Å². The molecule has 5 heteroatoms. The van der Waals surface area contributed by atoms with E-state index >= 15 is 0 Å². The van der Waals surface area contributed by atoms with Crippen molar-refractivity contribution in [2.75, 3.05) is 13.2 Å². The fourth-order valence-electron chi connectivity index (χ4n) is 1.24. The summed E-state index contributed by atoms with van der Waals surface area (Å²) in [4.78, 5) is 11.2. The Bertz CT molecular complexity index is 230. The molecule has 0 heterocycles. The van der Waals surface area contributed by atoms with Crippen molar-refractivity contribution in [3.05, 3.63) is 0 Å². The standard InChI is InChI=1S/C10H21O4P/c1-5-10(11)8-9(4)15(12,13-6-2)14-7-3/h9H,5-8H2,1-4H3. The van der Waals surface area contributed by atoms with Crippen LogP contribution in [0, 0.1) is 0 Å². The van der Waals surface area contributed by atoms with Crippen LogP contribution in [0.5, 0.6) is 0 Å². The zero-order valence-corrected chi connectivity index (χ0v) is 10.9. The average Bonchev–Trinajstić information content (AvgIpc) is 2.18. The van der Waals surface area contributed by atoms with E-state index in [0.29, 0.717) is 19.6 Å². The maximum Gasteiger partial charge on any atom is 0.333 e. The number of carbonyl (C=O) groups is 1. The van der Waals surface area contributed by atoms with Gasteiger partial charge in [-0.1, -0.05) is 13.8 Å². The van der Waals surface area contributed by atoms with Gasteiger partial charge in [-0.2, -0.15) is 0 Å². The summed E-state index contributed by atoms with van der Waals surface area (Å²) in [5, 5.41) is 0. The van der Waals surface area contributed by atoms with Crippen molar-refractivity contribution in [2.45, 2.75) is 46.2 Å². The molecule has 1 unspecified atom stereocenters. The Morgan fingerprint density at radius 3 is 2.00 bits per heavy atom. The van der Waals surface area contributed by atoms with Crippen LogP contribution in [0.4, 0.5) is 0 Å². The summed E-state index contributed by atoms with van der Waals surface area (Å²) in [5.41, 5.74) is -0.357. The van der Waals surface area contributed by atoms with E-state index in [1.807, 2.05) is 0 Å². The third-order valence-corrected chi connectivity index (χ3v) is 4.57. The Morgan fingerprint density at radius 2 is 1.67 bits per heavy atom. The highest BCUT2D eigenvalue weighted by molar-refractivity contribution is 7.54. The first-order chi connectivity index (χ1) is 7.00. The van der Waals surface area contributed by atoms with Gasteiger partial charge in [0.1, 0.15) is 5.78 Å². The molecule has 15 heavy (non-hydrogen) atoms. The summed E-state index contributed by atoms with van der Waals surface area (Å²) in [6, 6.07) is 0. The van der Waals surface area contributed by atoms with E-state index < -0.39 is 7.60 Å². The van der Waals surface area contributed by atoms with Crippen molar-refractivity contribution in [1.29, 1.82) is 0 Å². The van der Waals surface area contributed by atoms with Gasteiger partial charge in [0, 0.05) is 12.8 Å². The Balaban J connectivity index is 4.47. The van der Waals surface area contributed by atoms with Crippen LogP contribution in [0.3, 0.4) is 0 Å². The molecular weight excluding hydrogens is 215 g/mol. The summed E-state index contributed by atoms with van der Waals surface area (Å²) < 4.78 is 22.5. The average molecular weight is 236 g/mol. The molecule has 0 saturated carbocycles. The van der Waals surface area contributed by atoms with Crippen molar-refractivity contribution < 1.29 is 18.4 Å². The van der Waals surface area contributed by atoms with Gasteiger partial charge >= 0.3 is 7.60 Å². The lowest BCUT2D eigenvalue weighted by Crippen LogP contribution is -2.14. The smallest absolute Gasteiger partial charge is 0.309 e. The molecule has 4 nitrogen and oxygen atoms in total.